The number of thioether (sulfide) groups is 1. The minimum atomic E-state index is 0.557. The molecule has 0 unspecified atom stereocenters. The fourth-order valence-electron chi connectivity index (χ4n) is 1.80. The molecule has 0 bridgehead atoms. The molecule has 3 rings (SSSR count). The number of aromatic nitrogens is 2. The van der Waals surface area contributed by atoms with Gasteiger partial charge in [-0.05, 0) is 43.3 Å². The van der Waals surface area contributed by atoms with Gasteiger partial charge in [-0.25, -0.2) is 0 Å². The summed E-state index contributed by atoms with van der Waals surface area (Å²) in [5, 5.41) is 4.75. The summed E-state index contributed by atoms with van der Waals surface area (Å²) in [5.74, 6) is 1.91. The molecule has 0 N–H and O–H groups in total. The third-order valence-corrected chi connectivity index (χ3v) is 4.21. The molecule has 0 amide bonds. The van der Waals surface area contributed by atoms with Crippen LogP contribution in [0.1, 0.15) is 11.4 Å². The Labute approximate surface area is 132 Å². The van der Waals surface area contributed by atoms with Gasteiger partial charge in [0.25, 0.3) is 5.89 Å². The molecular formula is C16H13ClN2OS. The molecule has 3 aromatic rings. The first-order valence-corrected chi connectivity index (χ1v) is 7.85. The van der Waals surface area contributed by atoms with Gasteiger partial charge in [0.05, 0.1) is 5.75 Å². The smallest absolute Gasteiger partial charge is 0.257 e. The van der Waals surface area contributed by atoms with Gasteiger partial charge in [0.2, 0.25) is 0 Å². The number of benzene rings is 2. The zero-order valence-electron chi connectivity index (χ0n) is 11.4. The first-order chi connectivity index (χ1) is 10.2. The number of hydrogen-bond acceptors (Lipinski definition) is 4. The summed E-state index contributed by atoms with van der Waals surface area (Å²) in [6.45, 7) is 2.05. The molecule has 1 aromatic heterocycles. The van der Waals surface area contributed by atoms with Gasteiger partial charge in [0.1, 0.15) is 0 Å². The Balaban J connectivity index is 1.67. The van der Waals surface area contributed by atoms with Gasteiger partial charge in [-0.3, -0.25) is 0 Å². The van der Waals surface area contributed by atoms with Gasteiger partial charge in [-0.2, -0.15) is 4.98 Å². The van der Waals surface area contributed by atoms with Crippen LogP contribution in [0.3, 0.4) is 0 Å². The van der Waals surface area contributed by atoms with Crippen molar-refractivity contribution in [2.24, 2.45) is 0 Å². The summed E-state index contributed by atoms with van der Waals surface area (Å²) < 4.78 is 5.30. The highest BCUT2D eigenvalue weighted by molar-refractivity contribution is 7.98. The van der Waals surface area contributed by atoms with E-state index in [4.69, 9.17) is 16.1 Å². The van der Waals surface area contributed by atoms with Crippen LogP contribution in [0.5, 0.6) is 0 Å². The zero-order chi connectivity index (χ0) is 14.7. The summed E-state index contributed by atoms with van der Waals surface area (Å²) in [4.78, 5) is 5.54. The molecule has 0 aliphatic heterocycles. The van der Waals surface area contributed by atoms with Gasteiger partial charge < -0.3 is 4.52 Å². The third kappa shape index (κ3) is 3.65. The average molecular weight is 317 g/mol. The minimum absolute atomic E-state index is 0.557. The van der Waals surface area contributed by atoms with Crippen molar-refractivity contribution < 1.29 is 4.52 Å². The summed E-state index contributed by atoms with van der Waals surface area (Å²) in [6.07, 6.45) is 0. The van der Waals surface area contributed by atoms with Crippen LogP contribution in [-0.2, 0) is 5.75 Å². The number of hydrogen-bond donors (Lipinski definition) is 0. The average Bonchev–Trinajstić information content (AvgIpc) is 2.96. The van der Waals surface area contributed by atoms with Crippen molar-refractivity contribution >= 4 is 23.4 Å². The molecule has 0 aliphatic rings. The second-order valence-electron chi connectivity index (χ2n) is 4.62. The topological polar surface area (TPSA) is 38.9 Å². The van der Waals surface area contributed by atoms with Crippen LogP contribution >= 0.6 is 23.4 Å². The third-order valence-electron chi connectivity index (χ3n) is 2.95. The van der Waals surface area contributed by atoms with Crippen LogP contribution in [0.2, 0.25) is 5.02 Å². The highest BCUT2D eigenvalue weighted by Crippen LogP contribution is 2.24. The monoisotopic (exact) mass is 316 g/mol. The lowest BCUT2D eigenvalue weighted by atomic mass is 10.1. The predicted octanol–water partition coefficient (Wildman–Crippen LogP) is 4.99. The lowest BCUT2D eigenvalue weighted by Crippen LogP contribution is -1.84. The quantitative estimate of drug-likeness (QED) is 0.636. The summed E-state index contributed by atoms with van der Waals surface area (Å²) in [7, 11) is 0. The summed E-state index contributed by atoms with van der Waals surface area (Å²) in [6, 6.07) is 15.7. The Bertz CT molecular complexity index is 723. The highest BCUT2D eigenvalue weighted by atomic mass is 35.5. The van der Waals surface area contributed by atoms with E-state index in [0.717, 1.165) is 15.5 Å². The molecule has 21 heavy (non-hydrogen) atoms. The summed E-state index contributed by atoms with van der Waals surface area (Å²) in [5.41, 5.74) is 2.15. The van der Waals surface area contributed by atoms with Crippen molar-refractivity contribution in [1.82, 2.24) is 10.1 Å². The SMILES string of the molecule is Cc1ccc(-c2nc(CSc3ccc(Cl)cc3)no2)cc1. The zero-order valence-corrected chi connectivity index (χ0v) is 13.0. The van der Waals surface area contributed by atoms with Gasteiger partial charge in [-0.15, -0.1) is 11.8 Å². The molecular weight excluding hydrogens is 304 g/mol. The van der Waals surface area contributed by atoms with Crippen molar-refractivity contribution in [2.75, 3.05) is 0 Å². The van der Waals surface area contributed by atoms with Crippen LogP contribution < -0.4 is 0 Å². The van der Waals surface area contributed by atoms with Crippen molar-refractivity contribution in [1.29, 1.82) is 0 Å². The Morgan fingerprint density at radius 2 is 1.76 bits per heavy atom. The molecule has 0 fully saturated rings. The Hall–Kier alpha value is -1.78. The van der Waals surface area contributed by atoms with Gasteiger partial charge in [-0.1, -0.05) is 34.5 Å². The largest absolute Gasteiger partial charge is 0.334 e. The Morgan fingerprint density at radius 1 is 1.05 bits per heavy atom. The molecule has 0 aliphatic carbocycles. The van der Waals surface area contributed by atoms with Gasteiger partial charge in [0, 0.05) is 15.5 Å². The molecule has 0 saturated heterocycles. The second-order valence-corrected chi connectivity index (χ2v) is 6.11. The van der Waals surface area contributed by atoms with E-state index < -0.39 is 0 Å². The van der Waals surface area contributed by atoms with Crippen molar-refractivity contribution in [3.05, 3.63) is 64.9 Å². The second kappa shape index (κ2) is 6.33. The molecule has 0 radical (unpaired) electrons. The van der Waals surface area contributed by atoms with E-state index in [1.54, 1.807) is 11.8 Å². The van der Waals surface area contributed by atoms with Crippen LogP contribution in [0, 0.1) is 6.92 Å². The molecule has 1 heterocycles. The summed E-state index contributed by atoms with van der Waals surface area (Å²) >= 11 is 7.51. The maximum Gasteiger partial charge on any atom is 0.257 e. The van der Waals surface area contributed by atoms with Gasteiger partial charge in [0.15, 0.2) is 5.82 Å². The minimum Gasteiger partial charge on any atom is -0.334 e. The maximum atomic E-state index is 5.86. The first kappa shape index (κ1) is 14.2. The molecule has 2 aromatic carbocycles. The number of rotatable bonds is 4. The van der Waals surface area contributed by atoms with E-state index in [9.17, 15) is 0 Å². The van der Waals surface area contributed by atoms with Crippen LogP contribution in [-0.4, -0.2) is 10.1 Å². The normalized spacial score (nSPS) is 10.8. The van der Waals surface area contributed by atoms with Crippen molar-refractivity contribution in [3.8, 4) is 11.5 Å². The van der Waals surface area contributed by atoms with E-state index in [1.807, 2.05) is 55.5 Å². The molecule has 0 atom stereocenters. The van der Waals surface area contributed by atoms with E-state index in [-0.39, 0.29) is 0 Å². The van der Waals surface area contributed by atoms with E-state index in [1.165, 1.54) is 5.56 Å². The predicted molar refractivity (Wildman–Crippen MR) is 85.5 cm³/mol. The Kier molecular flexibility index (Phi) is 4.27. The molecule has 0 saturated carbocycles. The van der Waals surface area contributed by atoms with Crippen LogP contribution in [0.4, 0.5) is 0 Å². The van der Waals surface area contributed by atoms with Crippen molar-refractivity contribution in [2.45, 2.75) is 17.6 Å². The fraction of sp³-hybridized carbons (Fsp3) is 0.125. The van der Waals surface area contributed by atoms with Crippen LogP contribution in [0.25, 0.3) is 11.5 Å². The highest BCUT2D eigenvalue weighted by Gasteiger charge is 2.08. The standard InChI is InChI=1S/C16H13ClN2OS/c1-11-2-4-12(5-3-11)16-18-15(19-20-16)10-21-14-8-6-13(17)7-9-14/h2-9H,10H2,1H3. The Morgan fingerprint density at radius 3 is 2.48 bits per heavy atom. The molecule has 3 nitrogen and oxygen atoms in total. The number of nitrogens with zero attached hydrogens (tertiary/aromatic N) is 2. The first-order valence-electron chi connectivity index (χ1n) is 6.49. The van der Waals surface area contributed by atoms with Gasteiger partial charge >= 0.3 is 0 Å². The fourth-order valence-corrected chi connectivity index (χ4v) is 2.67. The number of aryl methyl sites for hydroxylation is 1. The van der Waals surface area contributed by atoms with Crippen LogP contribution in [0.15, 0.2) is 57.9 Å². The molecule has 0 spiro atoms. The van der Waals surface area contributed by atoms with E-state index >= 15 is 0 Å². The van der Waals surface area contributed by atoms with E-state index in [0.29, 0.717) is 17.5 Å². The lowest BCUT2D eigenvalue weighted by Gasteiger charge is -1.98. The lowest BCUT2D eigenvalue weighted by molar-refractivity contribution is 0.425. The number of halogens is 1. The van der Waals surface area contributed by atoms with Crippen molar-refractivity contribution in [3.63, 3.8) is 0 Å². The molecule has 106 valence electrons. The molecule has 5 heteroatoms. The maximum absolute atomic E-state index is 5.86. The van der Waals surface area contributed by atoms with E-state index in [2.05, 4.69) is 10.1 Å².